The van der Waals surface area contributed by atoms with Gasteiger partial charge in [-0.1, -0.05) is 41.6 Å². The second-order valence-corrected chi connectivity index (χ2v) is 10.2. The average molecular weight is 403 g/mol. The number of tetrazole rings is 1. The summed E-state index contributed by atoms with van der Waals surface area (Å²) in [6.07, 6.45) is 0. The van der Waals surface area contributed by atoms with Gasteiger partial charge in [-0.25, -0.2) is 13.1 Å². The Kier molecular flexibility index (Phi) is 5.39. The summed E-state index contributed by atoms with van der Waals surface area (Å²) < 4.78 is 27.2. The third-order valence-corrected chi connectivity index (χ3v) is 6.79. The van der Waals surface area contributed by atoms with E-state index in [4.69, 9.17) is 0 Å². The van der Waals surface area contributed by atoms with Crippen LogP contribution >= 0.6 is 11.8 Å². The predicted octanol–water partition coefficient (Wildman–Crippen LogP) is 3.86. The van der Waals surface area contributed by atoms with Crippen molar-refractivity contribution in [3.8, 4) is 0 Å². The van der Waals surface area contributed by atoms with E-state index in [9.17, 15) is 8.42 Å². The van der Waals surface area contributed by atoms with Crippen molar-refractivity contribution in [1.29, 1.82) is 0 Å². The Morgan fingerprint density at radius 2 is 1.52 bits per heavy atom. The van der Waals surface area contributed by atoms with E-state index in [-0.39, 0.29) is 5.54 Å². The Morgan fingerprint density at radius 1 is 0.963 bits per heavy atom. The summed E-state index contributed by atoms with van der Waals surface area (Å²) in [4.78, 5) is 0.596. The maximum absolute atomic E-state index is 12.7. The Labute approximate surface area is 163 Å². The van der Waals surface area contributed by atoms with Crippen molar-refractivity contribution in [2.75, 3.05) is 0 Å². The number of aryl methyl sites for hydroxylation is 1. The molecule has 3 rings (SSSR count). The monoisotopic (exact) mass is 402 g/mol. The minimum absolute atomic E-state index is 0.197. The number of benzene rings is 2. The molecule has 0 aliphatic rings. The Hall–Kier alpha value is -2.19. The summed E-state index contributed by atoms with van der Waals surface area (Å²) >= 11 is 1.52. The third kappa shape index (κ3) is 4.39. The molecule has 0 saturated heterocycles. The number of sulfone groups is 1. The fourth-order valence-corrected chi connectivity index (χ4v) is 4.73. The van der Waals surface area contributed by atoms with E-state index >= 15 is 0 Å². The molecule has 6 nitrogen and oxygen atoms in total. The first-order valence-electron chi connectivity index (χ1n) is 8.50. The molecule has 0 saturated carbocycles. The Bertz CT molecular complexity index is 1020. The highest BCUT2D eigenvalue weighted by molar-refractivity contribution is 7.98. The molecule has 27 heavy (non-hydrogen) atoms. The van der Waals surface area contributed by atoms with E-state index in [2.05, 4.69) is 15.5 Å². The minimum Gasteiger partial charge on any atom is -0.219 e. The lowest BCUT2D eigenvalue weighted by atomic mass is 10.1. The van der Waals surface area contributed by atoms with Crippen LogP contribution in [-0.2, 0) is 21.1 Å². The average Bonchev–Trinajstić information content (AvgIpc) is 3.10. The van der Waals surface area contributed by atoms with E-state index in [0.29, 0.717) is 15.5 Å². The van der Waals surface area contributed by atoms with Crippen LogP contribution in [0.3, 0.4) is 0 Å². The van der Waals surface area contributed by atoms with E-state index in [1.807, 2.05) is 39.8 Å². The molecule has 0 radical (unpaired) electrons. The molecule has 0 amide bonds. The minimum atomic E-state index is -3.50. The van der Waals surface area contributed by atoms with Crippen molar-refractivity contribution in [1.82, 2.24) is 20.2 Å². The highest BCUT2D eigenvalue weighted by Gasteiger charge is 2.20. The molecule has 0 fully saturated rings. The van der Waals surface area contributed by atoms with Gasteiger partial charge in [0.15, 0.2) is 0 Å². The number of thioether (sulfide) groups is 1. The lowest BCUT2D eigenvalue weighted by molar-refractivity contribution is 0.321. The van der Waals surface area contributed by atoms with Gasteiger partial charge >= 0.3 is 0 Å². The van der Waals surface area contributed by atoms with Crippen molar-refractivity contribution in [3.63, 3.8) is 0 Å². The normalized spacial score (nSPS) is 12.3. The molecule has 142 valence electrons. The number of hydrogen-bond acceptors (Lipinski definition) is 6. The van der Waals surface area contributed by atoms with Crippen LogP contribution in [-0.4, -0.2) is 28.6 Å². The molecule has 3 aromatic rings. The molecule has 0 N–H and O–H groups in total. The molecule has 1 aromatic heterocycles. The quantitative estimate of drug-likeness (QED) is 0.603. The summed E-state index contributed by atoms with van der Waals surface area (Å²) in [5.41, 5.74) is 1.84. The first-order chi connectivity index (χ1) is 12.7. The smallest absolute Gasteiger partial charge is 0.210 e. The largest absolute Gasteiger partial charge is 0.219 e. The number of aromatic nitrogens is 4. The van der Waals surface area contributed by atoms with Gasteiger partial charge in [-0.3, -0.25) is 0 Å². The first-order valence-corrected chi connectivity index (χ1v) is 11.0. The van der Waals surface area contributed by atoms with E-state index in [1.165, 1.54) is 11.8 Å². The lowest BCUT2D eigenvalue weighted by Gasteiger charge is -2.19. The molecular formula is C19H22N4O2S2. The Morgan fingerprint density at radius 3 is 2.07 bits per heavy atom. The molecule has 2 aromatic carbocycles. The highest BCUT2D eigenvalue weighted by Crippen LogP contribution is 2.26. The van der Waals surface area contributed by atoms with Crippen LogP contribution in [0.25, 0.3) is 0 Å². The summed E-state index contributed by atoms with van der Waals surface area (Å²) in [5.74, 6) is 0.654. The fourth-order valence-electron chi connectivity index (χ4n) is 2.46. The van der Waals surface area contributed by atoms with Crippen LogP contribution < -0.4 is 0 Å². The summed E-state index contributed by atoms with van der Waals surface area (Å²) in [5, 5.41) is 12.6. The second-order valence-electron chi connectivity index (χ2n) is 7.29. The van der Waals surface area contributed by atoms with Crippen molar-refractivity contribution in [2.24, 2.45) is 0 Å². The zero-order chi connectivity index (χ0) is 19.7. The van der Waals surface area contributed by atoms with Crippen LogP contribution in [0.15, 0.2) is 63.5 Å². The van der Waals surface area contributed by atoms with Crippen LogP contribution in [0.1, 0.15) is 31.9 Å². The van der Waals surface area contributed by atoms with E-state index in [1.54, 1.807) is 41.1 Å². The van der Waals surface area contributed by atoms with Gasteiger partial charge in [-0.05, 0) is 68.0 Å². The molecule has 0 bridgehead atoms. The van der Waals surface area contributed by atoms with E-state index in [0.717, 1.165) is 16.3 Å². The molecule has 8 heteroatoms. The van der Waals surface area contributed by atoms with Crippen LogP contribution in [0.4, 0.5) is 0 Å². The topological polar surface area (TPSA) is 77.7 Å². The van der Waals surface area contributed by atoms with Gasteiger partial charge in [0.05, 0.1) is 15.3 Å². The predicted molar refractivity (Wildman–Crippen MR) is 105 cm³/mol. The van der Waals surface area contributed by atoms with Crippen LogP contribution in [0, 0.1) is 6.92 Å². The molecular weight excluding hydrogens is 380 g/mol. The van der Waals surface area contributed by atoms with Crippen LogP contribution in [0.5, 0.6) is 0 Å². The summed E-state index contributed by atoms with van der Waals surface area (Å²) in [6, 6.07) is 13.9. The van der Waals surface area contributed by atoms with Gasteiger partial charge in [0.2, 0.25) is 15.0 Å². The lowest BCUT2D eigenvalue weighted by Crippen LogP contribution is -2.24. The first kappa shape index (κ1) is 19.6. The summed E-state index contributed by atoms with van der Waals surface area (Å²) in [7, 11) is -3.50. The molecule has 0 atom stereocenters. The van der Waals surface area contributed by atoms with Gasteiger partial charge < -0.3 is 0 Å². The van der Waals surface area contributed by atoms with Gasteiger partial charge in [0.25, 0.3) is 0 Å². The van der Waals surface area contributed by atoms with Crippen molar-refractivity contribution in [3.05, 3.63) is 59.7 Å². The zero-order valence-corrected chi connectivity index (χ0v) is 17.4. The molecule has 0 aliphatic carbocycles. The Balaban J connectivity index is 1.74. The molecule has 0 unspecified atom stereocenters. The number of rotatable bonds is 5. The SMILES string of the molecule is Cc1ccc(S(=O)(=O)c2ccc(CSc3nnnn3C(C)(C)C)cc2)cc1. The third-order valence-electron chi connectivity index (χ3n) is 4.01. The van der Waals surface area contributed by atoms with Crippen molar-refractivity contribution >= 4 is 21.6 Å². The zero-order valence-electron chi connectivity index (χ0n) is 15.7. The van der Waals surface area contributed by atoms with Crippen molar-refractivity contribution in [2.45, 2.75) is 53.9 Å². The molecule has 0 spiro atoms. The van der Waals surface area contributed by atoms with Gasteiger partial charge in [-0.2, -0.15) is 0 Å². The molecule has 1 heterocycles. The van der Waals surface area contributed by atoms with Crippen LogP contribution in [0.2, 0.25) is 0 Å². The summed E-state index contributed by atoms with van der Waals surface area (Å²) in [6.45, 7) is 8.05. The van der Waals surface area contributed by atoms with E-state index < -0.39 is 9.84 Å². The van der Waals surface area contributed by atoms with Gasteiger partial charge in [0, 0.05) is 5.75 Å². The highest BCUT2D eigenvalue weighted by atomic mass is 32.2. The fraction of sp³-hybridized carbons (Fsp3) is 0.316. The number of hydrogen-bond donors (Lipinski definition) is 0. The number of nitrogens with zero attached hydrogens (tertiary/aromatic N) is 4. The second kappa shape index (κ2) is 7.44. The van der Waals surface area contributed by atoms with Gasteiger partial charge in [-0.15, -0.1) is 5.10 Å². The maximum atomic E-state index is 12.7. The standard InChI is InChI=1S/C19H22N4O2S2/c1-14-5-9-16(10-6-14)27(24,25)17-11-7-15(8-12-17)13-26-18-20-21-22-23(18)19(2,3)4/h5-12H,13H2,1-4H3. The molecule has 0 aliphatic heterocycles. The van der Waals surface area contributed by atoms with Crippen molar-refractivity contribution < 1.29 is 8.42 Å². The van der Waals surface area contributed by atoms with Gasteiger partial charge in [0.1, 0.15) is 0 Å². The maximum Gasteiger partial charge on any atom is 0.210 e.